The Kier molecular flexibility index (Phi) is 4.38. The Morgan fingerprint density at radius 3 is 2.57 bits per heavy atom. The van der Waals surface area contributed by atoms with Gasteiger partial charge in [0.15, 0.2) is 0 Å². The average Bonchev–Trinajstić information content (AvgIpc) is 3.02. The second kappa shape index (κ2) is 6.62. The van der Waals surface area contributed by atoms with Crippen LogP contribution in [0, 0.1) is 5.82 Å². The lowest BCUT2D eigenvalue weighted by Crippen LogP contribution is -1.95. The van der Waals surface area contributed by atoms with Crippen LogP contribution in [0.25, 0.3) is 11.5 Å². The zero-order valence-corrected chi connectivity index (χ0v) is 12.6. The van der Waals surface area contributed by atoms with Gasteiger partial charge in [-0.1, -0.05) is 36.0 Å². The highest BCUT2D eigenvalue weighted by Crippen LogP contribution is 2.27. The molecular formula is C16H11FN2O3S. The van der Waals surface area contributed by atoms with E-state index in [1.54, 1.807) is 30.3 Å². The van der Waals surface area contributed by atoms with Crippen LogP contribution in [0.4, 0.5) is 4.39 Å². The zero-order valence-electron chi connectivity index (χ0n) is 11.8. The van der Waals surface area contributed by atoms with Crippen molar-refractivity contribution in [3.8, 4) is 11.5 Å². The van der Waals surface area contributed by atoms with E-state index >= 15 is 0 Å². The van der Waals surface area contributed by atoms with Crippen LogP contribution in [0.3, 0.4) is 0 Å². The van der Waals surface area contributed by atoms with Crippen LogP contribution in [0.1, 0.15) is 15.9 Å². The van der Waals surface area contributed by atoms with Gasteiger partial charge < -0.3 is 9.52 Å². The van der Waals surface area contributed by atoms with Crippen molar-refractivity contribution >= 4 is 17.7 Å². The van der Waals surface area contributed by atoms with Gasteiger partial charge in [-0.25, -0.2) is 9.18 Å². The maximum absolute atomic E-state index is 13.7. The molecule has 0 unspecified atom stereocenters. The first-order valence-electron chi connectivity index (χ1n) is 6.67. The number of benzene rings is 2. The Labute approximate surface area is 135 Å². The smallest absolute Gasteiger partial charge is 0.335 e. The van der Waals surface area contributed by atoms with Crippen molar-refractivity contribution in [2.24, 2.45) is 0 Å². The largest absolute Gasteiger partial charge is 0.478 e. The number of rotatable bonds is 5. The first-order valence-corrected chi connectivity index (χ1v) is 7.65. The second-order valence-corrected chi connectivity index (χ2v) is 5.57. The van der Waals surface area contributed by atoms with Crippen LogP contribution in [0.2, 0.25) is 0 Å². The molecule has 7 heteroatoms. The Bertz CT molecular complexity index is 833. The molecule has 0 spiro atoms. The minimum absolute atomic E-state index is 0.131. The summed E-state index contributed by atoms with van der Waals surface area (Å²) in [6.07, 6.45) is 0. The van der Waals surface area contributed by atoms with Gasteiger partial charge in [-0.2, -0.15) is 0 Å². The SMILES string of the molecule is O=C(O)c1ccc(CSc2nnc(-c3ccccc3F)o2)cc1. The van der Waals surface area contributed by atoms with Gasteiger partial charge in [0.1, 0.15) is 5.82 Å². The fourth-order valence-corrected chi connectivity index (χ4v) is 2.62. The van der Waals surface area contributed by atoms with Crippen LogP contribution in [0.15, 0.2) is 58.2 Å². The molecule has 3 aromatic rings. The minimum Gasteiger partial charge on any atom is -0.478 e. The van der Waals surface area contributed by atoms with Crippen molar-refractivity contribution in [1.82, 2.24) is 10.2 Å². The van der Waals surface area contributed by atoms with Crippen molar-refractivity contribution in [1.29, 1.82) is 0 Å². The molecule has 1 N–H and O–H groups in total. The van der Waals surface area contributed by atoms with Gasteiger partial charge in [0.2, 0.25) is 0 Å². The van der Waals surface area contributed by atoms with E-state index < -0.39 is 11.8 Å². The van der Waals surface area contributed by atoms with E-state index in [2.05, 4.69) is 10.2 Å². The summed E-state index contributed by atoms with van der Waals surface area (Å²) >= 11 is 1.30. The van der Waals surface area contributed by atoms with Crippen molar-refractivity contribution in [3.05, 3.63) is 65.5 Å². The third-order valence-corrected chi connectivity index (χ3v) is 3.96. The summed E-state index contributed by atoms with van der Waals surface area (Å²) < 4.78 is 19.1. The number of hydrogen-bond acceptors (Lipinski definition) is 5. The van der Waals surface area contributed by atoms with Crippen LogP contribution in [0.5, 0.6) is 0 Å². The van der Waals surface area contributed by atoms with E-state index in [4.69, 9.17) is 9.52 Å². The first-order chi connectivity index (χ1) is 11.1. The highest BCUT2D eigenvalue weighted by molar-refractivity contribution is 7.98. The summed E-state index contributed by atoms with van der Waals surface area (Å²) in [5.41, 5.74) is 1.42. The molecule has 1 heterocycles. The topological polar surface area (TPSA) is 76.2 Å². The van der Waals surface area contributed by atoms with E-state index in [-0.39, 0.29) is 17.0 Å². The number of halogens is 1. The van der Waals surface area contributed by atoms with E-state index in [1.165, 1.54) is 30.0 Å². The molecule has 23 heavy (non-hydrogen) atoms. The Morgan fingerprint density at radius 2 is 1.87 bits per heavy atom. The van der Waals surface area contributed by atoms with Gasteiger partial charge >= 0.3 is 5.97 Å². The Balaban J connectivity index is 1.68. The predicted octanol–water partition coefficient (Wildman–Crippen LogP) is 3.87. The molecular weight excluding hydrogens is 319 g/mol. The number of aromatic nitrogens is 2. The number of carboxylic acids is 1. The molecule has 0 fully saturated rings. The summed E-state index contributed by atoms with van der Waals surface area (Å²) in [5, 5.41) is 16.9. The number of carbonyl (C=O) groups is 1. The molecule has 2 aromatic carbocycles. The third kappa shape index (κ3) is 3.57. The molecule has 0 aliphatic rings. The lowest BCUT2D eigenvalue weighted by molar-refractivity contribution is 0.0697. The molecule has 116 valence electrons. The van der Waals surface area contributed by atoms with Crippen molar-refractivity contribution < 1.29 is 18.7 Å². The summed E-state index contributed by atoms with van der Waals surface area (Å²) in [6.45, 7) is 0. The highest BCUT2D eigenvalue weighted by atomic mass is 32.2. The number of carboxylic acid groups (broad SMARTS) is 1. The maximum Gasteiger partial charge on any atom is 0.335 e. The fourth-order valence-electron chi connectivity index (χ4n) is 1.90. The first kappa shape index (κ1) is 15.2. The molecule has 0 radical (unpaired) electrons. The number of hydrogen-bond donors (Lipinski definition) is 1. The van der Waals surface area contributed by atoms with Crippen LogP contribution in [-0.4, -0.2) is 21.3 Å². The lowest BCUT2D eigenvalue weighted by atomic mass is 10.1. The molecule has 0 aliphatic heterocycles. The summed E-state index contributed by atoms with van der Waals surface area (Å²) in [7, 11) is 0. The van der Waals surface area contributed by atoms with Gasteiger partial charge in [0.05, 0.1) is 11.1 Å². The van der Waals surface area contributed by atoms with Gasteiger partial charge in [-0.3, -0.25) is 0 Å². The number of aromatic carboxylic acids is 1. The molecule has 1 aromatic heterocycles. The Morgan fingerprint density at radius 1 is 1.13 bits per heavy atom. The second-order valence-electron chi connectivity index (χ2n) is 4.64. The van der Waals surface area contributed by atoms with E-state index in [0.29, 0.717) is 11.0 Å². The molecule has 3 rings (SSSR count). The summed E-state index contributed by atoms with van der Waals surface area (Å²) in [5.74, 6) is -0.710. The molecule has 0 aliphatic carbocycles. The average molecular weight is 330 g/mol. The fraction of sp³-hybridized carbons (Fsp3) is 0.0625. The third-order valence-electron chi connectivity index (χ3n) is 3.07. The Hall–Kier alpha value is -2.67. The van der Waals surface area contributed by atoms with Gasteiger partial charge in [-0.15, -0.1) is 10.2 Å². The molecule has 0 amide bonds. The van der Waals surface area contributed by atoms with Crippen LogP contribution >= 0.6 is 11.8 Å². The van der Waals surface area contributed by atoms with Gasteiger partial charge in [0, 0.05) is 5.75 Å². The maximum atomic E-state index is 13.7. The molecule has 5 nitrogen and oxygen atoms in total. The van der Waals surface area contributed by atoms with E-state index in [9.17, 15) is 9.18 Å². The van der Waals surface area contributed by atoms with Crippen LogP contribution in [-0.2, 0) is 5.75 Å². The van der Waals surface area contributed by atoms with Crippen molar-refractivity contribution in [2.45, 2.75) is 11.0 Å². The molecule has 0 atom stereocenters. The summed E-state index contributed by atoms with van der Waals surface area (Å²) in [6, 6.07) is 12.7. The number of nitrogens with zero attached hydrogens (tertiary/aromatic N) is 2. The predicted molar refractivity (Wildman–Crippen MR) is 82.7 cm³/mol. The normalized spacial score (nSPS) is 10.7. The molecule has 0 saturated carbocycles. The standard InChI is InChI=1S/C16H11FN2O3S/c17-13-4-2-1-3-12(13)14-18-19-16(22-14)23-9-10-5-7-11(8-6-10)15(20)21/h1-8H,9H2,(H,20,21). The highest BCUT2D eigenvalue weighted by Gasteiger charge is 2.12. The summed E-state index contributed by atoms with van der Waals surface area (Å²) in [4.78, 5) is 10.8. The monoisotopic (exact) mass is 330 g/mol. The lowest BCUT2D eigenvalue weighted by Gasteiger charge is -1.99. The van der Waals surface area contributed by atoms with E-state index in [1.807, 2.05) is 0 Å². The zero-order chi connectivity index (χ0) is 16.2. The van der Waals surface area contributed by atoms with Crippen LogP contribution < -0.4 is 0 Å². The van der Waals surface area contributed by atoms with Gasteiger partial charge in [-0.05, 0) is 29.8 Å². The molecule has 0 bridgehead atoms. The van der Waals surface area contributed by atoms with Crippen molar-refractivity contribution in [2.75, 3.05) is 0 Å². The van der Waals surface area contributed by atoms with Gasteiger partial charge in [0.25, 0.3) is 11.1 Å². The molecule has 0 saturated heterocycles. The quantitative estimate of drug-likeness (QED) is 0.716. The van der Waals surface area contributed by atoms with Crippen molar-refractivity contribution in [3.63, 3.8) is 0 Å². The number of thioether (sulfide) groups is 1. The van der Waals surface area contributed by atoms with E-state index in [0.717, 1.165) is 5.56 Å². The minimum atomic E-state index is -0.962.